The van der Waals surface area contributed by atoms with Gasteiger partial charge in [-0.2, -0.15) is 0 Å². The number of aliphatic carboxylic acids is 1. The van der Waals surface area contributed by atoms with E-state index in [1.807, 2.05) is 13.8 Å². The standard InChI is InChI=1S/C34H58N4O8/c1-24(2)16-18-37(32(41)22-38(19-17-33(42)43)34(44)25-8-7-11-29(20-25)45-3)21-30(39)35-27-12-14-28(15-13-27)46-23-31(40)36-26-9-5-4-6-10-26/h24-29H,4-23H2,1-3H3,(H,35,39)(H,36,40)(H,42,43). The molecule has 3 fully saturated rings. The van der Waals surface area contributed by atoms with Crippen molar-refractivity contribution in [2.45, 2.75) is 134 Å². The molecule has 0 aliphatic heterocycles. The molecule has 46 heavy (non-hydrogen) atoms. The Bertz CT molecular complexity index is 994. The van der Waals surface area contributed by atoms with Crippen LogP contribution in [0, 0.1) is 11.8 Å². The molecule has 0 spiro atoms. The van der Waals surface area contributed by atoms with Crippen molar-refractivity contribution in [3.63, 3.8) is 0 Å². The number of ether oxygens (including phenoxy) is 2. The van der Waals surface area contributed by atoms with Gasteiger partial charge in [0.15, 0.2) is 0 Å². The normalized spacial score (nSPS) is 23.8. The average molecular weight is 651 g/mol. The molecule has 0 radical (unpaired) electrons. The topological polar surface area (TPSA) is 155 Å². The van der Waals surface area contributed by atoms with Gasteiger partial charge in [0, 0.05) is 38.2 Å². The van der Waals surface area contributed by atoms with Crippen molar-refractivity contribution in [2.24, 2.45) is 11.8 Å². The quantitative estimate of drug-likeness (QED) is 0.217. The number of rotatable bonds is 17. The van der Waals surface area contributed by atoms with Gasteiger partial charge in [-0.25, -0.2) is 0 Å². The van der Waals surface area contributed by atoms with Gasteiger partial charge in [0.1, 0.15) is 6.61 Å². The molecule has 0 heterocycles. The molecule has 3 rings (SSSR count). The summed E-state index contributed by atoms with van der Waals surface area (Å²) in [5.41, 5.74) is 0. The zero-order valence-corrected chi connectivity index (χ0v) is 28.3. The molecule has 3 saturated carbocycles. The number of nitrogens with one attached hydrogen (secondary N) is 2. The Labute approximate surface area is 274 Å². The molecule has 0 aromatic heterocycles. The van der Waals surface area contributed by atoms with Crippen LogP contribution in [0.25, 0.3) is 0 Å². The maximum absolute atomic E-state index is 13.6. The summed E-state index contributed by atoms with van der Waals surface area (Å²) in [6, 6.07) is 0.218. The number of hydrogen-bond acceptors (Lipinski definition) is 7. The number of carbonyl (C=O) groups is 5. The minimum absolute atomic E-state index is 0.0213. The Morgan fingerprint density at radius 2 is 1.43 bits per heavy atom. The first-order chi connectivity index (χ1) is 22.0. The van der Waals surface area contributed by atoms with E-state index < -0.39 is 5.97 Å². The van der Waals surface area contributed by atoms with Crippen LogP contribution in [0.15, 0.2) is 0 Å². The van der Waals surface area contributed by atoms with E-state index in [-0.39, 0.29) is 86.5 Å². The third-order valence-electron chi connectivity index (χ3n) is 9.67. The number of carboxylic acids is 1. The summed E-state index contributed by atoms with van der Waals surface area (Å²) in [4.78, 5) is 66.7. The van der Waals surface area contributed by atoms with Crippen LogP contribution in [-0.2, 0) is 33.4 Å². The van der Waals surface area contributed by atoms with E-state index in [0.29, 0.717) is 31.7 Å². The molecule has 262 valence electrons. The predicted octanol–water partition coefficient (Wildman–Crippen LogP) is 3.26. The van der Waals surface area contributed by atoms with E-state index in [2.05, 4.69) is 10.6 Å². The van der Waals surface area contributed by atoms with Gasteiger partial charge in [-0.1, -0.05) is 39.5 Å². The highest BCUT2D eigenvalue weighted by Gasteiger charge is 2.33. The van der Waals surface area contributed by atoms with Crippen molar-refractivity contribution in [3.05, 3.63) is 0 Å². The molecule has 0 aromatic rings. The van der Waals surface area contributed by atoms with Crippen LogP contribution < -0.4 is 10.6 Å². The third-order valence-corrected chi connectivity index (χ3v) is 9.67. The highest BCUT2D eigenvalue weighted by atomic mass is 16.5. The lowest BCUT2D eigenvalue weighted by Gasteiger charge is -2.33. The fourth-order valence-corrected chi connectivity index (χ4v) is 6.84. The average Bonchev–Trinajstić information content (AvgIpc) is 3.04. The zero-order chi connectivity index (χ0) is 33.5. The molecule has 0 saturated heterocycles. The smallest absolute Gasteiger partial charge is 0.305 e. The van der Waals surface area contributed by atoms with Crippen molar-refractivity contribution in [1.82, 2.24) is 20.4 Å². The first kappa shape index (κ1) is 37.7. The largest absolute Gasteiger partial charge is 0.481 e. The fraction of sp³-hybridized carbons (Fsp3) is 0.853. The first-order valence-corrected chi connectivity index (χ1v) is 17.6. The van der Waals surface area contributed by atoms with Crippen molar-refractivity contribution in [2.75, 3.05) is 39.9 Å². The summed E-state index contributed by atoms with van der Waals surface area (Å²) in [7, 11) is 1.62. The molecular weight excluding hydrogens is 592 g/mol. The number of hydrogen-bond donors (Lipinski definition) is 3. The molecule has 3 aliphatic carbocycles. The van der Waals surface area contributed by atoms with E-state index in [1.165, 1.54) is 16.2 Å². The number of methoxy groups -OCH3 is 1. The molecule has 2 atom stereocenters. The molecule has 3 N–H and O–H groups in total. The summed E-state index contributed by atoms with van der Waals surface area (Å²) in [6.07, 6.45) is 11.9. The van der Waals surface area contributed by atoms with Crippen LogP contribution in [0.3, 0.4) is 0 Å². The van der Waals surface area contributed by atoms with Crippen molar-refractivity contribution in [1.29, 1.82) is 0 Å². The third kappa shape index (κ3) is 13.6. The molecular formula is C34H58N4O8. The number of nitrogens with zero attached hydrogens (tertiary/aromatic N) is 2. The molecule has 0 aromatic carbocycles. The Hall–Kier alpha value is -2.73. The maximum atomic E-state index is 13.6. The van der Waals surface area contributed by atoms with Crippen LogP contribution in [0.4, 0.5) is 0 Å². The highest BCUT2D eigenvalue weighted by molar-refractivity contribution is 5.89. The van der Waals surface area contributed by atoms with Crippen LogP contribution in [0.2, 0.25) is 0 Å². The lowest BCUT2D eigenvalue weighted by atomic mass is 9.86. The van der Waals surface area contributed by atoms with Crippen molar-refractivity contribution < 1.29 is 38.6 Å². The minimum Gasteiger partial charge on any atom is -0.481 e. The van der Waals surface area contributed by atoms with Gasteiger partial charge in [-0.3, -0.25) is 24.0 Å². The van der Waals surface area contributed by atoms with Gasteiger partial charge in [-0.15, -0.1) is 0 Å². The lowest BCUT2D eigenvalue weighted by Crippen LogP contribution is -2.50. The van der Waals surface area contributed by atoms with E-state index in [4.69, 9.17) is 9.47 Å². The maximum Gasteiger partial charge on any atom is 0.305 e. The summed E-state index contributed by atoms with van der Waals surface area (Å²) < 4.78 is 11.4. The molecule has 12 heteroatoms. The number of carbonyl (C=O) groups excluding carboxylic acids is 4. The van der Waals surface area contributed by atoms with E-state index in [1.54, 1.807) is 7.11 Å². The monoisotopic (exact) mass is 650 g/mol. The second-order valence-electron chi connectivity index (χ2n) is 13.9. The summed E-state index contributed by atoms with van der Waals surface area (Å²) >= 11 is 0. The van der Waals surface area contributed by atoms with Gasteiger partial charge in [0.05, 0.1) is 31.7 Å². The predicted molar refractivity (Wildman–Crippen MR) is 173 cm³/mol. The molecule has 0 bridgehead atoms. The Balaban J connectivity index is 1.49. The lowest BCUT2D eigenvalue weighted by molar-refractivity contribution is -0.147. The van der Waals surface area contributed by atoms with Gasteiger partial charge in [0.25, 0.3) is 0 Å². The summed E-state index contributed by atoms with van der Waals surface area (Å²) in [6.45, 7) is 4.06. The highest BCUT2D eigenvalue weighted by Crippen LogP contribution is 2.28. The second kappa shape index (κ2) is 19.8. The Morgan fingerprint density at radius 3 is 2.09 bits per heavy atom. The molecule has 3 aliphatic rings. The first-order valence-electron chi connectivity index (χ1n) is 17.6. The number of carboxylic acid groups (broad SMARTS) is 1. The van der Waals surface area contributed by atoms with Gasteiger partial charge in [-0.05, 0) is 70.1 Å². The van der Waals surface area contributed by atoms with Crippen molar-refractivity contribution in [3.8, 4) is 0 Å². The van der Waals surface area contributed by atoms with Gasteiger partial charge >= 0.3 is 5.97 Å². The number of amides is 4. The van der Waals surface area contributed by atoms with Crippen LogP contribution in [-0.4, -0.2) is 109 Å². The fourth-order valence-electron chi connectivity index (χ4n) is 6.84. The summed E-state index contributed by atoms with van der Waals surface area (Å²) in [5.74, 6) is -1.97. The molecule has 4 amide bonds. The summed E-state index contributed by atoms with van der Waals surface area (Å²) in [5, 5.41) is 15.5. The van der Waals surface area contributed by atoms with E-state index in [9.17, 15) is 29.1 Å². The van der Waals surface area contributed by atoms with Gasteiger partial charge < -0.3 is 35.0 Å². The second-order valence-corrected chi connectivity index (χ2v) is 13.9. The Kier molecular flexibility index (Phi) is 16.3. The molecule has 2 unspecified atom stereocenters. The Morgan fingerprint density at radius 1 is 0.761 bits per heavy atom. The SMILES string of the molecule is COC1CCCC(C(=O)N(CCC(=O)O)CC(=O)N(CCC(C)C)CC(=O)NC2CCC(OCC(=O)NC3CCCCC3)CC2)C1. The molecule has 12 nitrogen and oxygen atoms in total. The van der Waals surface area contributed by atoms with Crippen LogP contribution in [0.1, 0.15) is 110 Å². The van der Waals surface area contributed by atoms with E-state index in [0.717, 1.165) is 64.2 Å². The minimum atomic E-state index is -1.04. The van der Waals surface area contributed by atoms with Crippen LogP contribution in [0.5, 0.6) is 0 Å². The van der Waals surface area contributed by atoms with Crippen molar-refractivity contribution >= 4 is 29.6 Å². The van der Waals surface area contributed by atoms with Crippen LogP contribution >= 0.6 is 0 Å². The van der Waals surface area contributed by atoms with E-state index >= 15 is 0 Å². The zero-order valence-electron chi connectivity index (χ0n) is 28.3. The van der Waals surface area contributed by atoms with Gasteiger partial charge in [0.2, 0.25) is 23.6 Å².